The van der Waals surface area contributed by atoms with Crippen LogP contribution < -0.4 is 5.32 Å². The highest BCUT2D eigenvalue weighted by Crippen LogP contribution is 2.39. The summed E-state index contributed by atoms with van der Waals surface area (Å²) in [7, 11) is 0. The van der Waals surface area contributed by atoms with Crippen LogP contribution in [0.2, 0.25) is 0 Å². The van der Waals surface area contributed by atoms with Crippen molar-refractivity contribution in [2.24, 2.45) is 5.92 Å². The SMILES string of the molecule is Cc1ccc(C(=O)OCC(=O)Nc2sc3c(c2C#N)CCC(C)C3)o1. The van der Waals surface area contributed by atoms with Gasteiger partial charge in [0.2, 0.25) is 5.76 Å². The molecule has 3 rings (SSSR count). The zero-order valence-electron chi connectivity index (χ0n) is 14.0. The second-order valence-electron chi connectivity index (χ2n) is 6.20. The standard InChI is InChI=1S/C18H18N2O4S/c1-10-3-5-12-13(8-19)17(25-15(12)7-10)20-16(21)9-23-18(22)14-6-4-11(2)24-14/h4,6,10H,3,5,7,9H2,1-2H3,(H,20,21). The molecule has 0 radical (unpaired) electrons. The molecule has 0 fully saturated rings. The van der Waals surface area contributed by atoms with Gasteiger partial charge >= 0.3 is 5.97 Å². The second-order valence-corrected chi connectivity index (χ2v) is 7.31. The van der Waals surface area contributed by atoms with Crippen LogP contribution in [-0.2, 0) is 22.4 Å². The quantitative estimate of drug-likeness (QED) is 0.845. The third-order valence-electron chi connectivity index (χ3n) is 4.15. The molecule has 1 unspecified atom stereocenters. The molecule has 1 atom stereocenters. The summed E-state index contributed by atoms with van der Waals surface area (Å²) < 4.78 is 10.1. The maximum absolute atomic E-state index is 12.1. The predicted molar refractivity (Wildman–Crippen MR) is 92.6 cm³/mol. The van der Waals surface area contributed by atoms with E-state index in [-0.39, 0.29) is 5.76 Å². The number of nitrogens with zero attached hydrogens (tertiary/aromatic N) is 1. The molecule has 0 spiro atoms. The first-order valence-corrected chi connectivity index (χ1v) is 8.87. The number of carbonyl (C=O) groups excluding carboxylic acids is 2. The van der Waals surface area contributed by atoms with Crippen LogP contribution in [0.25, 0.3) is 0 Å². The number of esters is 1. The van der Waals surface area contributed by atoms with E-state index in [1.165, 1.54) is 17.4 Å². The lowest BCUT2D eigenvalue weighted by Gasteiger charge is -2.17. The molecule has 25 heavy (non-hydrogen) atoms. The van der Waals surface area contributed by atoms with Crippen molar-refractivity contribution in [1.82, 2.24) is 0 Å². The summed E-state index contributed by atoms with van der Waals surface area (Å²) in [6.07, 6.45) is 2.84. The Balaban J connectivity index is 1.63. The molecular formula is C18H18N2O4S. The third kappa shape index (κ3) is 3.74. The summed E-state index contributed by atoms with van der Waals surface area (Å²) in [5.41, 5.74) is 1.58. The summed E-state index contributed by atoms with van der Waals surface area (Å²) >= 11 is 1.44. The number of hydrogen-bond acceptors (Lipinski definition) is 6. The Kier molecular flexibility index (Phi) is 4.91. The molecule has 1 N–H and O–H groups in total. The summed E-state index contributed by atoms with van der Waals surface area (Å²) in [5.74, 6) is 0.0684. The van der Waals surface area contributed by atoms with Gasteiger partial charge in [-0.05, 0) is 49.8 Å². The zero-order chi connectivity index (χ0) is 18.0. The number of aryl methyl sites for hydroxylation is 1. The number of anilines is 1. The van der Waals surface area contributed by atoms with Crippen molar-refractivity contribution in [3.8, 4) is 6.07 Å². The maximum atomic E-state index is 12.1. The van der Waals surface area contributed by atoms with E-state index in [2.05, 4.69) is 18.3 Å². The molecule has 1 aliphatic carbocycles. The first-order valence-electron chi connectivity index (χ1n) is 8.06. The van der Waals surface area contributed by atoms with E-state index in [0.717, 1.165) is 29.7 Å². The molecule has 2 heterocycles. The summed E-state index contributed by atoms with van der Waals surface area (Å²) in [5, 5.41) is 12.7. The van der Waals surface area contributed by atoms with Crippen LogP contribution in [0.5, 0.6) is 0 Å². The molecule has 0 saturated heterocycles. The normalized spacial score (nSPS) is 16.0. The molecule has 1 aliphatic rings. The molecule has 0 aromatic carbocycles. The minimum absolute atomic E-state index is 0.0589. The molecule has 2 aromatic heterocycles. The molecule has 2 aromatic rings. The van der Waals surface area contributed by atoms with Gasteiger partial charge in [-0.3, -0.25) is 4.79 Å². The highest BCUT2D eigenvalue weighted by atomic mass is 32.1. The van der Waals surface area contributed by atoms with Gasteiger partial charge in [-0.25, -0.2) is 4.79 Å². The van der Waals surface area contributed by atoms with E-state index in [0.29, 0.717) is 22.2 Å². The molecule has 0 aliphatic heterocycles. The minimum Gasteiger partial charge on any atom is -0.454 e. The van der Waals surface area contributed by atoms with Gasteiger partial charge in [0, 0.05) is 4.88 Å². The van der Waals surface area contributed by atoms with Gasteiger partial charge < -0.3 is 14.5 Å². The number of rotatable bonds is 4. The van der Waals surface area contributed by atoms with Crippen molar-refractivity contribution in [2.75, 3.05) is 11.9 Å². The summed E-state index contributed by atoms with van der Waals surface area (Å²) in [4.78, 5) is 25.0. The number of ether oxygens (including phenoxy) is 1. The van der Waals surface area contributed by atoms with Crippen molar-refractivity contribution >= 4 is 28.2 Å². The Morgan fingerprint density at radius 2 is 2.28 bits per heavy atom. The fourth-order valence-corrected chi connectivity index (χ4v) is 4.24. The van der Waals surface area contributed by atoms with E-state index in [1.807, 2.05) is 0 Å². The van der Waals surface area contributed by atoms with E-state index in [4.69, 9.17) is 9.15 Å². The van der Waals surface area contributed by atoms with Gasteiger partial charge in [-0.1, -0.05) is 6.92 Å². The Morgan fingerprint density at radius 1 is 1.48 bits per heavy atom. The fourth-order valence-electron chi connectivity index (χ4n) is 2.87. The first-order chi connectivity index (χ1) is 12.0. The highest BCUT2D eigenvalue weighted by Gasteiger charge is 2.25. The van der Waals surface area contributed by atoms with E-state index < -0.39 is 18.5 Å². The van der Waals surface area contributed by atoms with Crippen LogP contribution in [-0.4, -0.2) is 18.5 Å². The molecule has 1 amide bonds. The third-order valence-corrected chi connectivity index (χ3v) is 5.32. The zero-order valence-corrected chi connectivity index (χ0v) is 14.9. The van der Waals surface area contributed by atoms with Crippen LogP contribution in [0.15, 0.2) is 16.5 Å². The number of nitriles is 1. The van der Waals surface area contributed by atoms with Crippen LogP contribution in [0.4, 0.5) is 5.00 Å². The summed E-state index contributed by atoms with van der Waals surface area (Å²) in [6, 6.07) is 5.33. The van der Waals surface area contributed by atoms with Crippen molar-refractivity contribution in [3.63, 3.8) is 0 Å². The fraction of sp³-hybridized carbons (Fsp3) is 0.389. The van der Waals surface area contributed by atoms with Crippen LogP contribution in [0, 0.1) is 24.2 Å². The van der Waals surface area contributed by atoms with Crippen LogP contribution in [0.3, 0.4) is 0 Å². The number of amides is 1. The average Bonchev–Trinajstić information content (AvgIpc) is 3.15. The van der Waals surface area contributed by atoms with E-state index >= 15 is 0 Å². The van der Waals surface area contributed by atoms with Crippen molar-refractivity contribution in [3.05, 3.63) is 39.7 Å². The largest absolute Gasteiger partial charge is 0.454 e. The first kappa shape index (κ1) is 17.2. The van der Waals surface area contributed by atoms with Crippen LogP contribution >= 0.6 is 11.3 Å². The Bertz CT molecular complexity index is 859. The molecule has 0 bridgehead atoms. The topological polar surface area (TPSA) is 92.3 Å². The van der Waals surface area contributed by atoms with Gasteiger partial charge in [0.25, 0.3) is 5.91 Å². The van der Waals surface area contributed by atoms with Crippen molar-refractivity contribution in [2.45, 2.75) is 33.1 Å². The lowest BCUT2D eigenvalue weighted by molar-refractivity contribution is -0.119. The minimum atomic E-state index is -0.692. The number of hydrogen-bond donors (Lipinski definition) is 1. The van der Waals surface area contributed by atoms with Gasteiger partial charge in [0.05, 0.1) is 5.56 Å². The second kappa shape index (κ2) is 7.11. The van der Waals surface area contributed by atoms with Crippen LogP contribution in [0.1, 0.15) is 45.7 Å². The smallest absolute Gasteiger partial charge is 0.374 e. The number of fused-ring (bicyclic) bond motifs is 1. The predicted octanol–water partition coefficient (Wildman–Crippen LogP) is 3.44. The number of thiophene rings is 1. The lowest BCUT2D eigenvalue weighted by Crippen LogP contribution is -2.20. The number of nitrogens with one attached hydrogen (secondary N) is 1. The molecular weight excluding hydrogens is 340 g/mol. The average molecular weight is 358 g/mol. The number of carbonyl (C=O) groups is 2. The Hall–Kier alpha value is -2.59. The van der Waals surface area contributed by atoms with Crippen molar-refractivity contribution < 1.29 is 18.7 Å². The van der Waals surface area contributed by atoms with Crippen molar-refractivity contribution in [1.29, 1.82) is 5.26 Å². The molecule has 7 heteroatoms. The van der Waals surface area contributed by atoms with Gasteiger partial charge in [0.1, 0.15) is 16.8 Å². The molecule has 0 saturated carbocycles. The van der Waals surface area contributed by atoms with E-state index in [1.54, 1.807) is 13.0 Å². The summed E-state index contributed by atoms with van der Waals surface area (Å²) in [6.45, 7) is 3.47. The monoisotopic (exact) mass is 358 g/mol. The van der Waals surface area contributed by atoms with Gasteiger partial charge in [-0.15, -0.1) is 11.3 Å². The maximum Gasteiger partial charge on any atom is 0.374 e. The lowest BCUT2D eigenvalue weighted by atomic mass is 9.89. The number of furan rings is 1. The Morgan fingerprint density at radius 3 is 2.96 bits per heavy atom. The van der Waals surface area contributed by atoms with Gasteiger partial charge in [0.15, 0.2) is 6.61 Å². The van der Waals surface area contributed by atoms with Gasteiger partial charge in [-0.2, -0.15) is 5.26 Å². The Labute approximate surface area is 149 Å². The highest BCUT2D eigenvalue weighted by molar-refractivity contribution is 7.16. The molecule has 130 valence electrons. The van der Waals surface area contributed by atoms with E-state index in [9.17, 15) is 14.9 Å². The molecule has 6 nitrogen and oxygen atoms in total.